The molecule has 1 aliphatic heterocycles. The van der Waals surface area contributed by atoms with Crippen LogP contribution in [0.3, 0.4) is 0 Å². The molecule has 1 heterocycles. The molecule has 0 bridgehead atoms. The lowest BCUT2D eigenvalue weighted by atomic mass is 9.44. The van der Waals surface area contributed by atoms with Crippen molar-refractivity contribution in [1.29, 1.82) is 0 Å². The van der Waals surface area contributed by atoms with Crippen LogP contribution in [-0.4, -0.2) is 23.4 Å². The summed E-state index contributed by atoms with van der Waals surface area (Å²) >= 11 is 0. The van der Waals surface area contributed by atoms with E-state index >= 15 is 0 Å². The molecule has 2 N–H and O–H groups in total. The third kappa shape index (κ3) is 3.11. The Morgan fingerprint density at radius 1 is 1.11 bits per heavy atom. The smallest absolute Gasteiger partial charge is 0.243 e. The van der Waals surface area contributed by atoms with Crippen molar-refractivity contribution in [2.75, 3.05) is 0 Å². The van der Waals surface area contributed by atoms with Gasteiger partial charge in [-0.15, -0.1) is 0 Å². The monoisotopic (exact) mass is 386 g/mol. The van der Waals surface area contributed by atoms with E-state index in [1.54, 1.807) is 6.08 Å². The molecule has 4 nitrogen and oxygen atoms in total. The maximum atomic E-state index is 13.2. The van der Waals surface area contributed by atoms with Crippen molar-refractivity contribution in [3.63, 3.8) is 0 Å². The quantitative estimate of drug-likeness (QED) is 0.709. The van der Waals surface area contributed by atoms with Crippen LogP contribution in [0.2, 0.25) is 0 Å². The summed E-state index contributed by atoms with van der Waals surface area (Å²) in [4.78, 5) is 25.1. The van der Waals surface area contributed by atoms with Crippen molar-refractivity contribution in [2.45, 2.75) is 91.1 Å². The van der Waals surface area contributed by atoms with Gasteiger partial charge in [-0.2, -0.15) is 0 Å². The van der Waals surface area contributed by atoms with Crippen molar-refractivity contribution in [2.24, 2.45) is 34.5 Å². The van der Waals surface area contributed by atoms with E-state index in [0.717, 1.165) is 19.3 Å². The van der Waals surface area contributed by atoms with Crippen LogP contribution in [0, 0.1) is 34.5 Å². The Morgan fingerprint density at radius 2 is 1.86 bits per heavy atom. The lowest BCUT2D eigenvalue weighted by Gasteiger charge is -2.62. The van der Waals surface area contributed by atoms with Gasteiger partial charge in [-0.1, -0.05) is 26.3 Å². The molecule has 0 spiro atoms. The summed E-state index contributed by atoms with van der Waals surface area (Å²) in [5, 5.41) is 6.52. The molecule has 0 aromatic rings. The van der Waals surface area contributed by atoms with Gasteiger partial charge in [0.15, 0.2) is 0 Å². The highest BCUT2D eigenvalue weighted by Crippen LogP contribution is 2.63. The van der Waals surface area contributed by atoms with Crippen LogP contribution in [0.25, 0.3) is 0 Å². The highest BCUT2D eigenvalue weighted by Gasteiger charge is 2.59. The van der Waals surface area contributed by atoms with E-state index in [1.807, 2.05) is 0 Å². The normalized spacial score (nSPS) is 45.3. The molecule has 0 aromatic carbocycles. The Hall–Kier alpha value is -1.32. The summed E-state index contributed by atoms with van der Waals surface area (Å²) in [6.07, 6.45) is 12.0. The van der Waals surface area contributed by atoms with E-state index in [-0.39, 0.29) is 40.1 Å². The largest absolute Gasteiger partial charge is 0.351 e. The van der Waals surface area contributed by atoms with Crippen LogP contribution >= 0.6 is 0 Å². The maximum absolute atomic E-state index is 13.2. The number of hydrogen-bond acceptors (Lipinski definition) is 2. The number of hydrogen-bond donors (Lipinski definition) is 2. The molecule has 3 aliphatic carbocycles. The van der Waals surface area contributed by atoms with Crippen LogP contribution in [0.15, 0.2) is 12.2 Å². The Kier molecular flexibility index (Phi) is 4.71. The molecule has 7 atom stereocenters. The predicted octanol–water partition coefficient (Wildman–Crippen LogP) is 4.20. The van der Waals surface area contributed by atoms with Gasteiger partial charge in [-0.3, -0.25) is 9.59 Å². The molecule has 2 amide bonds. The number of carbonyl (C=O) groups excluding carboxylic acids is 2. The van der Waals surface area contributed by atoms with Crippen molar-refractivity contribution in [3.8, 4) is 0 Å². The standard InChI is InChI=1S/C24H38N2O2/c1-22(2,3)26-21(28)18-8-6-7-16-15-9-10-19-24(5,14-12-20(27)25-19)17(15)11-13-23(16,18)4/h12,14-19H,6-11,13H2,1-5H3,(H,25,27)(H,26,28)/t15-,16-,17-,18+,19+,23-,24+/m0/s1. The molecule has 0 aromatic heterocycles. The average molecular weight is 387 g/mol. The summed E-state index contributed by atoms with van der Waals surface area (Å²) < 4.78 is 0. The van der Waals surface area contributed by atoms with Crippen LogP contribution in [0.5, 0.6) is 0 Å². The molecule has 0 radical (unpaired) electrons. The minimum absolute atomic E-state index is 0.0677. The van der Waals surface area contributed by atoms with Gasteiger partial charge in [0, 0.05) is 22.9 Å². The van der Waals surface area contributed by atoms with Crippen LogP contribution < -0.4 is 10.6 Å². The summed E-state index contributed by atoms with van der Waals surface area (Å²) in [7, 11) is 0. The third-order valence-electron chi connectivity index (χ3n) is 8.74. The van der Waals surface area contributed by atoms with Gasteiger partial charge in [-0.05, 0) is 88.5 Å². The first-order valence-corrected chi connectivity index (χ1v) is 11.4. The zero-order chi connectivity index (χ0) is 20.3. The molecule has 4 aliphatic rings. The fraction of sp³-hybridized carbons (Fsp3) is 0.833. The minimum atomic E-state index is -0.172. The van der Waals surface area contributed by atoms with E-state index in [4.69, 9.17) is 0 Å². The fourth-order valence-electron chi connectivity index (χ4n) is 7.42. The van der Waals surface area contributed by atoms with E-state index in [0.29, 0.717) is 17.8 Å². The second-order valence-electron chi connectivity index (χ2n) is 11.5. The van der Waals surface area contributed by atoms with Crippen LogP contribution in [-0.2, 0) is 9.59 Å². The molecule has 156 valence electrons. The third-order valence-corrected chi connectivity index (χ3v) is 8.74. The zero-order valence-corrected chi connectivity index (χ0v) is 18.3. The fourth-order valence-corrected chi connectivity index (χ4v) is 7.42. The number of fused-ring (bicyclic) bond motifs is 5. The molecule has 3 saturated carbocycles. The Morgan fingerprint density at radius 3 is 2.57 bits per heavy atom. The van der Waals surface area contributed by atoms with Gasteiger partial charge in [0.25, 0.3) is 0 Å². The SMILES string of the molecule is CC(C)(C)NC(=O)[C@H]1CCC[C@H]2[C@@H]3CC[C@H]4NC(=O)C=C[C@]4(C)[C@H]3CC[C@]12C. The molecule has 0 unspecified atom stereocenters. The molecule has 0 saturated heterocycles. The summed E-state index contributed by atoms with van der Waals surface area (Å²) in [6.45, 7) is 11.0. The highest BCUT2D eigenvalue weighted by molar-refractivity contribution is 5.89. The Balaban J connectivity index is 1.61. The average Bonchev–Trinajstić information content (AvgIpc) is 2.59. The topological polar surface area (TPSA) is 58.2 Å². The van der Waals surface area contributed by atoms with Crippen molar-refractivity contribution >= 4 is 11.8 Å². The van der Waals surface area contributed by atoms with Crippen molar-refractivity contribution in [1.82, 2.24) is 10.6 Å². The van der Waals surface area contributed by atoms with E-state index in [1.165, 1.54) is 25.7 Å². The Labute approximate surface area is 170 Å². The van der Waals surface area contributed by atoms with Crippen LogP contribution in [0.4, 0.5) is 0 Å². The predicted molar refractivity (Wildman–Crippen MR) is 111 cm³/mol. The summed E-state index contributed by atoms with van der Waals surface area (Å²) in [6, 6.07) is 0.277. The second-order valence-corrected chi connectivity index (χ2v) is 11.5. The lowest BCUT2D eigenvalue weighted by molar-refractivity contribution is -0.149. The number of amides is 2. The molecule has 4 heteroatoms. The van der Waals surface area contributed by atoms with Gasteiger partial charge in [0.1, 0.15) is 0 Å². The van der Waals surface area contributed by atoms with Crippen molar-refractivity contribution < 1.29 is 9.59 Å². The molecule has 4 rings (SSSR count). The van der Waals surface area contributed by atoms with E-state index < -0.39 is 0 Å². The van der Waals surface area contributed by atoms with Crippen molar-refractivity contribution in [3.05, 3.63) is 12.2 Å². The first-order chi connectivity index (χ1) is 13.0. The van der Waals surface area contributed by atoms with Gasteiger partial charge >= 0.3 is 0 Å². The Bertz CT molecular complexity index is 693. The van der Waals surface area contributed by atoms with Crippen LogP contribution in [0.1, 0.15) is 79.6 Å². The lowest BCUT2D eigenvalue weighted by Crippen LogP contribution is -2.62. The van der Waals surface area contributed by atoms with Gasteiger partial charge < -0.3 is 10.6 Å². The molecular weight excluding hydrogens is 348 g/mol. The number of carbonyl (C=O) groups is 2. The second kappa shape index (κ2) is 6.60. The van der Waals surface area contributed by atoms with Gasteiger partial charge in [-0.25, -0.2) is 0 Å². The number of rotatable bonds is 1. The van der Waals surface area contributed by atoms with E-state index in [2.05, 4.69) is 51.3 Å². The maximum Gasteiger partial charge on any atom is 0.243 e. The molecule has 3 fully saturated rings. The first-order valence-electron chi connectivity index (χ1n) is 11.4. The summed E-state index contributed by atoms with van der Waals surface area (Å²) in [5.74, 6) is 2.38. The first kappa shape index (κ1) is 20.0. The molecule has 28 heavy (non-hydrogen) atoms. The minimum Gasteiger partial charge on any atom is -0.351 e. The highest BCUT2D eigenvalue weighted by atomic mass is 16.2. The number of nitrogens with one attached hydrogen (secondary N) is 2. The van der Waals surface area contributed by atoms with E-state index in [9.17, 15) is 9.59 Å². The van der Waals surface area contributed by atoms with Gasteiger partial charge in [0.2, 0.25) is 11.8 Å². The zero-order valence-electron chi connectivity index (χ0n) is 18.3. The van der Waals surface area contributed by atoms with Gasteiger partial charge in [0.05, 0.1) is 0 Å². The molecular formula is C24H38N2O2. The summed E-state index contributed by atoms with van der Waals surface area (Å²) in [5.41, 5.74) is 0.00652.